The minimum atomic E-state index is 0.486. The van der Waals surface area contributed by atoms with E-state index in [2.05, 4.69) is 19.2 Å². The average molecular weight is 129 g/mol. The molecule has 1 rings (SSSR count). The molecule has 0 amide bonds. The van der Waals surface area contributed by atoms with Crippen molar-refractivity contribution in [1.82, 2.24) is 5.32 Å². The highest BCUT2D eigenvalue weighted by Crippen LogP contribution is 2.25. The van der Waals surface area contributed by atoms with Gasteiger partial charge >= 0.3 is 0 Å². The van der Waals surface area contributed by atoms with Crippen molar-refractivity contribution in [2.45, 2.75) is 38.5 Å². The molecule has 54 valence electrons. The smallest absolute Gasteiger partial charge is 0.0991 e. The van der Waals surface area contributed by atoms with Crippen LogP contribution in [0, 0.1) is 0 Å². The maximum atomic E-state index is 5.30. The first-order valence-corrected chi connectivity index (χ1v) is 3.62. The van der Waals surface area contributed by atoms with E-state index in [1.165, 1.54) is 0 Å². The second-order valence-corrected chi connectivity index (χ2v) is 2.61. The number of rotatable bonds is 3. The number of ether oxygens (including phenoxy) is 1. The third kappa shape index (κ3) is 1.43. The summed E-state index contributed by atoms with van der Waals surface area (Å²) in [5.41, 5.74) is 0. The van der Waals surface area contributed by atoms with E-state index in [1.807, 2.05) is 7.05 Å². The first-order chi connectivity index (χ1) is 4.29. The lowest BCUT2D eigenvalue weighted by molar-refractivity contribution is 0.332. The third-order valence-electron chi connectivity index (χ3n) is 1.97. The molecule has 1 aliphatic rings. The molecule has 1 aliphatic heterocycles. The summed E-state index contributed by atoms with van der Waals surface area (Å²) in [6, 6.07) is 0.569. The molecule has 0 aliphatic carbocycles. The first kappa shape index (κ1) is 7.03. The molecule has 0 aromatic heterocycles. The molecule has 2 heteroatoms. The number of likely N-dealkylation sites (N-methyl/N-ethyl adjacent to an activating group) is 1. The van der Waals surface area contributed by atoms with E-state index in [4.69, 9.17) is 4.74 Å². The van der Waals surface area contributed by atoms with Crippen LogP contribution in [0.5, 0.6) is 0 Å². The van der Waals surface area contributed by atoms with E-state index in [0.29, 0.717) is 18.2 Å². The van der Waals surface area contributed by atoms with E-state index < -0.39 is 0 Å². The summed E-state index contributed by atoms with van der Waals surface area (Å²) in [4.78, 5) is 0. The van der Waals surface area contributed by atoms with Crippen LogP contribution < -0.4 is 5.32 Å². The van der Waals surface area contributed by atoms with Gasteiger partial charge in [-0.3, -0.25) is 0 Å². The van der Waals surface area contributed by atoms with Gasteiger partial charge in [-0.15, -0.1) is 0 Å². The van der Waals surface area contributed by atoms with E-state index in [-0.39, 0.29) is 0 Å². The second kappa shape index (κ2) is 2.67. The Hall–Kier alpha value is -0.0800. The van der Waals surface area contributed by atoms with E-state index in [1.54, 1.807) is 0 Å². The number of nitrogens with one attached hydrogen (secondary N) is 1. The summed E-state index contributed by atoms with van der Waals surface area (Å²) in [5, 5.41) is 3.22. The highest BCUT2D eigenvalue weighted by molar-refractivity contribution is 4.90. The summed E-state index contributed by atoms with van der Waals surface area (Å²) in [5.74, 6) is 0. The highest BCUT2D eigenvalue weighted by Gasteiger charge is 2.39. The standard InChI is InChI=1S/C7H15NO/c1-4-6(8-3)7-5(2)9-7/h5-8H,4H2,1-3H3. The van der Waals surface area contributed by atoms with Gasteiger partial charge in [0.05, 0.1) is 12.2 Å². The summed E-state index contributed by atoms with van der Waals surface area (Å²) in [7, 11) is 1.99. The molecule has 3 unspecified atom stereocenters. The minimum absolute atomic E-state index is 0.486. The molecule has 0 aromatic carbocycles. The summed E-state index contributed by atoms with van der Waals surface area (Å²) in [6.45, 7) is 4.29. The Bertz CT molecular complexity index is 90.9. The molecule has 1 heterocycles. The molecule has 1 N–H and O–H groups in total. The Labute approximate surface area is 56.6 Å². The molecule has 9 heavy (non-hydrogen) atoms. The predicted octanol–water partition coefficient (Wildman–Crippen LogP) is 0.772. The van der Waals surface area contributed by atoms with Crippen LogP contribution in [0.3, 0.4) is 0 Å². The van der Waals surface area contributed by atoms with Crippen molar-refractivity contribution in [1.29, 1.82) is 0 Å². The largest absolute Gasteiger partial charge is 0.368 e. The van der Waals surface area contributed by atoms with Gasteiger partial charge in [0.15, 0.2) is 0 Å². The average Bonchev–Trinajstić information content (AvgIpc) is 2.51. The molecule has 0 saturated carbocycles. The Morgan fingerprint density at radius 1 is 1.67 bits per heavy atom. The van der Waals surface area contributed by atoms with Gasteiger partial charge in [-0.25, -0.2) is 0 Å². The molecule has 0 aromatic rings. The van der Waals surface area contributed by atoms with Gasteiger partial charge in [-0.1, -0.05) is 6.92 Å². The lowest BCUT2D eigenvalue weighted by Crippen LogP contribution is -2.30. The molecule has 1 fully saturated rings. The molecular formula is C7H15NO. The minimum Gasteiger partial charge on any atom is -0.368 e. The van der Waals surface area contributed by atoms with Crippen LogP contribution >= 0.6 is 0 Å². The fourth-order valence-corrected chi connectivity index (χ4v) is 1.23. The van der Waals surface area contributed by atoms with Crippen LogP contribution in [-0.4, -0.2) is 25.3 Å². The quantitative estimate of drug-likeness (QED) is 0.569. The SMILES string of the molecule is CCC(NC)C1OC1C. The Morgan fingerprint density at radius 2 is 2.22 bits per heavy atom. The van der Waals surface area contributed by atoms with Gasteiger partial charge in [-0.2, -0.15) is 0 Å². The maximum Gasteiger partial charge on any atom is 0.0991 e. The topological polar surface area (TPSA) is 24.6 Å². The Balaban J connectivity index is 2.23. The lowest BCUT2D eigenvalue weighted by atomic mass is 10.1. The van der Waals surface area contributed by atoms with Crippen LogP contribution in [-0.2, 0) is 4.74 Å². The molecular weight excluding hydrogens is 114 g/mol. The highest BCUT2D eigenvalue weighted by atomic mass is 16.6. The van der Waals surface area contributed by atoms with Crippen molar-refractivity contribution in [2.24, 2.45) is 0 Å². The zero-order valence-corrected chi connectivity index (χ0v) is 6.35. The zero-order chi connectivity index (χ0) is 6.85. The normalized spacial score (nSPS) is 36.3. The van der Waals surface area contributed by atoms with Crippen molar-refractivity contribution in [2.75, 3.05) is 7.05 Å². The third-order valence-corrected chi connectivity index (χ3v) is 1.97. The summed E-state index contributed by atoms with van der Waals surface area (Å²) >= 11 is 0. The van der Waals surface area contributed by atoms with Gasteiger partial charge < -0.3 is 10.1 Å². The molecule has 0 spiro atoms. The lowest BCUT2D eigenvalue weighted by Gasteiger charge is -2.08. The number of hydrogen-bond acceptors (Lipinski definition) is 2. The first-order valence-electron chi connectivity index (χ1n) is 3.62. The van der Waals surface area contributed by atoms with Crippen LogP contribution in [0.1, 0.15) is 20.3 Å². The second-order valence-electron chi connectivity index (χ2n) is 2.61. The fraction of sp³-hybridized carbons (Fsp3) is 1.00. The van der Waals surface area contributed by atoms with E-state index in [9.17, 15) is 0 Å². The van der Waals surface area contributed by atoms with Crippen LogP contribution in [0.4, 0.5) is 0 Å². The van der Waals surface area contributed by atoms with E-state index in [0.717, 1.165) is 6.42 Å². The Morgan fingerprint density at radius 3 is 2.33 bits per heavy atom. The van der Waals surface area contributed by atoms with Crippen molar-refractivity contribution in [3.05, 3.63) is 0 Å². The molecule has 3 atom stereocenters. The Kier molecular flexibility index (Phi) is 2.09. The van der Waals surface area contributed by atoms with Gasteiger partial charge in [0.1, 0.15) is 0 Å². The van der Waals surface area contributed by atoms with Crippen LogP contribution in [0.15, 0.2) is 0 Å². The number of hydrogen-bond donors (Lipinski definition) is 1. The van der Waals surface area contributed by atoms with Crippen molar-refractivity contribution in [3.63, 3.8) is 0 Å². The summed E-state index contributed by atoms with van der Waals surface area (Å²) < 4.78 is 5.30. The van der Waals surface area contributed by atoms with Gasteiger partial charge in [-0.05, 0) is 20.4 Å². The zero-order valence-electron chi connectivity index (χ0n) is 6.35. The monoisotopic (exact) mass is 129 g/mol. The van der Waals surface area contributed by atoms with Gasteiger partial charge in [0.25, 0.3) is 0 Å². The van der Waals surface area contributed by atoms with Crippen molar-refractivity contribution in [3.8, 4) is 0 Å². The van der Waals surface area contributed by atoms with Crippen LogP contribution in [0.2, 0.25) is 0 Å². The maximum absolute atomic E-state index is 5.30. The summed E-state index contributed by atoms with van der Waals surface area (Å²) in [6.07, 6.45) is 2.13. The van der Waals surface area contributed by atoms with Gasteiger partial charge in [0.2, 0.25) is 0 Å². The van der Waals surface area contributed by atoms with Crippen molar-refractivity contribution >= 4 is 0 Å². The molecule has 2 nitrogen and oxygen atoms in total. The predicted molar refractivity (Wildman–Crippen MR) is 37.5 cm³/mol. The molecule has 0 radical (unpaired) electrons. The molecule has 1 saturated heterocycles. The fourth-order valence-electron chi connectivity index (χ4n) is 1.23. The van der Waals surface area contributed by atoms with Crippen LogP contribution in [0.25, 0.3) is 0 Å². The van der Waals surface area contributed by atoms with E-state index >= 15 is 0 Å². The van der Waals surface area contributed by atoms with Gasteiger partial charge in [0, 0.05) is 6.04 Å². The number of epoxide rings is 1. The van der Waals surface area contributed by atoms with Crippen molar-refractivity contribution < 1.29 is 4.74 Å². The molecule has 0 bridgehead atoms.